The van der Waals surface area contributed by atoms with E-state index in [0.717, 1.165) is 0 Å². The Labute approximate surface area is 223 Å². The molecular formula is C12H21Ho2N3O12. The van der Waals surface area contributed by atoms with E-state index in [1.54, 1.807) is 0 Å². The summed E-state index contributed by atoms with van der Waals surface area (Å²) in [4.78, 5) is 58.9. The maximum atomic E-state index is 9.85. The van der Waals surface area contributed by atoms with E-state index in [4.69, 9.17) is 47.8 Å². The number of rotatable bonds is 9. The van der Waals surface area contributed by atoms with Gasteiger partial charge in [0.1, 0.15) is 18.1 Å². The van der Waals surface area contributed by atoms with Crippen molar-refractivity contribution < 1.29 is 135 Å². The molecule has 0 amide bonds. The predicted octanol–water partition coefficient (Wildman–Crippen LogP) is -3.38. The van der Waals surface area contributed by atoms with Crippen LogP contribution in [-0.4, -0.2) is 84.6 Å². The first kappa shape index (κ1) is 38.8. The van der Waals surface area contributed by atoms with Gasteiger partial charge in [-0.2, -0.15) is 0 Å². The van der Waals surface area contributed by atoms with Crippen LogP contribution in [0.3, 0.4) is 0 Å². The van der Waals surface area contributed by atoms with Gasteiger partial charge in [0.25, 0.3) is 0 Å². The Balaban J connectivity index is -0.0000000960. The summed E-state index contributed by atoms with van der Waals surface area (Å²) in [5.41, 5.74) is 14.5. The molecule has 15 nitrogen and oxygen atoms in total. The molecule has 0 spiro atoms. The Bertz CT molecular complexity index is 484. The average molecular weight is 729 g/mol. The first-order valence-corrected chi connectivity index (χ1v) is 6.72. The summed E-state index contributed by atoms with van der Waals surface area (Å²) in [6.45, 7) is 0. The van der Waals surface area contributed by atoms with Gasteiger partial charge in [-0.25, -0.2) is 0 Å². The zero-order valence-electron chi connectivity index (χ0n) is 14.3. The van der Waals surface area contributed by atoms with Crippen molar-refractivity contribution in [3.05, 3.63) is 0 Å². The first-order valence-electron chi connectivity index (χ1n) is 6.72. The summed E-state index contributed by atoms with van der Waals surface area (Å²) < 4.78 is 0. The van der Waals surface area contributed by atoms with E-state index in [2.05, 4.69) is 0 Å². The van der Waals surface area contributed by atoms with Crippen LogP contribution in [0.15, 0.2) is 0 Å². The molecule has 0 aromatic heterocycles. The molecule has 12 N–H and O–H groups in total. The summed E-state index contributed by atoms with van der Waals surface area (Å²) in [6, 6.07) is -3.87. The molecule has 0 aliphatic carbocycles. The molecule has 2 radical (unpaired) electrons. The molecule has 0 unspecified atom stereocenters. The molecule has 0 rings (SSSR count). The molecule has 17 heteroatoms. The number of carbonyl (C=O) groups is 6. The van der Waals surface area contributed by atoms with Crippen molar-refractivity contribution in [2.75, 3.05) is 0 Å². The zero-order valence-corrected chi connectivity index (χ0v) is 18.2. The Morgan fingerprint density at radius 1 is 0.483 bits per heavy atom. The monoisotopic (exact) mass is 729 g/mol. The average Bonchev–Trinajstić information content (AvgIpc) is 2.46. The van der Waals surface area contributed by atoms with Crippen LogP contribution in [0.5, 0.6) is 0 Å². The molecule has 178 valence electrons. The number of hydrogen-bond donors (Lipinski definition) is 9. The minimum absolute atomic E-state index is 0. The number of carboxylic acid groups (broad SMARTS) is 6. The maximum Gasteiger partial charge on any atom is 0.321 e. The molecule has 0 fully saturated rings. The smallest absolute Gasteiger partial charge is 0.321 e. The third-order valence-corrected chi connectivity index (χ3v) is 2.14. The van der Waals surface area contributed by atoms with E-state index < -0.39 is 73.2 Å². The van der Waals surface area contributed by atoms with Crippen LogP contribution < -0.4 is 17.2 Å². The van der Waals surface area contributed by atoms with Crippen LogP contribution in [0.25, 0.3) is 0 Å². The van der Waals surface area contributed by atoms with Gasteiger partial charge in [0.2, 0.25) is 0 Å². The SMILES string of the molecule is N[C@@H](CC(=O)O)C(=O)O.N[C@H](CC(=O)O)C(=O)O.N[C@H](CC(=O)O)C(=O)O.[Ho].[Ho]. The van der Waals surface area contributed by atoms with Crippen LogP contribution >= 0.6 is 0 Å². The molecule has 29 heavy (non-hydrogen) atoms. The molecule has 0 saturated heterocycles. The quantitative estimate of drug-likeness (QED) is 0.105. The van der Waals surface area contributed by atoms with Crippen molar-refractivity contribution in [2.24, 2.45) is 17.2 Å². The van der Waals surface area contributed by atoms with Gasteiger partial charge in [0.15, 0.2) is 0 Å². The van der Waals surface area contributed by atoms with Gasteiger partial charge in [-0.1, -0.05) is 0 Å². The van der Waals surface area contributed by atoms with Gasteiger partial charge in [-0.05, 0) is 0 Å². The third kappa shape index (κ3) is 32.1. The van der Waals surface area contributed by atoms with Crippen molar-refractivity contribution in [1.29, 1.82) is 0 Å². The predicted molar refractivity (Wildman–Crippen MR) is 83.6 cm³/mol. The maximum absolute atomic E-state index is 9.85. The molecule has 0 saturated carbocycles. The van der Waals surface area contributed by atoms with Crippen molar-refractivity contribution in [1.82, 2.24) is 0 Å². The van der Waals surface area contributed by atoms with Gasteiger partial charge in [0.05, 0.1) is 19.3 Å². The van der Waals surface area contributed by atoms with E-state index in [-0.39, 0.29) is 75.5 Å². The van der Waals surface area contributed by atoms with Crippen molar-refractivity contribution in [3.8, 4) is 0 Å². The van der Waals surface area contributed by atoms with Gasteiger partial charge < -0.3 is 47.8 Å². The fourth-order valence-electron chi connectivity index (χ4n) is 0.826. The molecule has 0 aliphatic heterocycles. The Morgan fingerprint density at radius 2 is 0.621 bits per heavy atom. The molecule has 3 atom stereocenters. The Hall–Kier alpha value is -0.781. The van der Waals surface area contributed by atoms with E-state index >= 15 is 0 Å². The van der Waals surface area contributed by atoms with Gasteiger partial charge in [-0.15, -0.1) is 0 Å². The number of carboxylic acids is 6. The standard InChI is InChI=1S/3C4H7NO4.2Ho/c3*5-2(4(8)9)1-3(6)7;;/h3*2H,1,5H2,(H,6,7)(H,8,9);;/t3*2-;;/m110../s1. The second-order valence-corrected chi connectivity index (χ2v) is 4.63. The fraction of sp³-hybridized carbons (Fsp3) is 0.500. The topological polar surface area (TPSA) is 302 Å². The van der Waals surface area contributed by atoms with Crippen LogP contribution in [0, 0.1) is 75.5 Å². The van der Waals surface area contributed by atoms with Gasteiger partial charge in [-0.3, -0.25) is 28.8 Å². The van der Waals surface area contributed by atoms with Crippen LogP contribution in [0.2, 0.25) is 0 Å². The number of hydrogen-bond acceptors (Lipinski definition) is 9. The van der Waals surface area contributed by atoms with Crippen LogP contribution in [0.1, 0.15) is 19.3 Å². The Morgan fingerprint density at radius 3 is 0.655 bits per heavy atom. The van der Waals surface area contributed by atoms with E-state index in [0.29, 0.717) is 0 Å². The van der Waals surface area contributed by atoms with Crippen molar-refractivity contribution in [2.45, 2.75) is 37.4 Å². The minimum Gasteiger partial charge on any atom is -0.481 e. The Kier molecular flexibility index (Phi) is 29.3. The molecule has 0 heterocycles. The summed E-state index contributed by atoms with van der Waals surface area (Å²) in [5.74, 6) is -7.49. The van der Waals surface area contributed by atoms with E-state index in [1.807, 2.05) is 0 Å². The second-order valence-electron chi connectivity index (χ2n) is 4.63. The molecule has 0 aliphatic rings. The fourth-order valence-corrected chi connectivity index (χ4v) is 0.826. The summed E-state index contributed by atoms with van der Waals surface area (Å²) in [7, 11) is 0. The minimum atomic E-state index is -1.29. The van der Waals surface area contributed by atoms with Crippen LogP contribution in [-0.2, 0) is 28.8 Å². The zero-order chi connectivity index (χ0) is 22.3. The normalized spacial score (nSPS) is 11.7. The van der Waals surface area contributed by atoms with E-state index in [9.17, 15) is 28.8 Å². The first-order chi connectivity index (χ1) is 12.1. The van der Waals surface area contributed by atoms with Crippen molar-refractivity contribution >= 4 is 35.8 Å². The summed E-state index contributed by atoms with van der Waals surface area (Å²) in [5, 5.41) is 48.1. The van der Waals surface area contributed by atoms with Gasteiger partial charge in [0, 0.05) is 75.5 Å². The largest absolute Gasteiger partial charge is 0.481 e. The second kappa shape index (κ2) is 21.9. The molecular weight excluding hydrogens is 708 g/mol. The van der Waals surface area contributed by atoms with Gasteiger partial charge >= 0.3 is 35.8 Å². The summed E-state index contributed by atoms with van der Waals surface area (Å²) in [6.07, 6.45) is -1.60. The molecule has 0 bridgehead atoms. The summed E-state index contributed by atoms with van der Waals surface area (Å²) >= 11 is 0. The number of nitrogens with two attached hydrogens (primary N) is 3. The molecule has 0 aromatic carbocycles. The third-order valence-electron chi connectivity index (χ3n) is 2.14. The van der Waals surface area contributed by atoms with Crippen molar-refractivity contribution in [3.63, 3.8) is 0 Å². The number of aliphatic carboxylic acids is 6. The molecule has 0 aromatic rings. The van der Waals surface area contributed by atoms with Crippen LogP contribution in [0.4, 0.5) is 0 Å². The van der Waals surface area contributed by atoms with E-state index in [1.165, 1.54) is 0 Å².